The van der Waals surface area contributed by atoms with Gasteiger partial charge in [-0.25, -0.2) is 24.9 Å². The highest BCUT2D eigenvalue weighted by Crippen LogP contribution is 2.30. The smallest absolute Gasteiger partial charge is 0.216 e. The Labute approximate surface area is 225 Å². The third-order valence-electron chi connectivity index (χ3n) is 6.66. The SMILES string of the molecule is c1cc(C2=NCCO2)cc(-c2cc(-c3cccc(C4=NCCO4)c3)nc(-c3cccc(C4=NCCO4)c3)n2)c1. The minimum absolute atomic E-state index is 0.604. The highest BCUT2D eigenvalue weighted by molar-refractivity contribution is 5.97. The van der Waals surface area contributed by atoms with Gasteiger partial charge in [-0.1, -0.05) is 36.4 Å². The number of nitrogens with zero attached hydrogens (tertiary/aromatic N) is 5. The van der Waals surface area contributed by atoms with Crippen LogP contribution in [-0.2, 0) is 14.2 Å². The molecule has 3 aliphatic heterocycles. The van der Waals surface area contributed by atoms with Crippen molar-refractivity contribution >= 4 is 17.7 Å². The van der Waals surface area contributed by atoms with E-state index < -0.39 is 0 Å². The fourth-order valence-corrected chi connectivity index (χ4v) is 4.82. The van der Waals surface area contributed by atoms with Crippen molar-refractivity contribution in [2.45, 2.75) is 0 Å². The first-order valence-corrected chi connectivity index (χ1v) is 13.0. The molecule has 0 spiro atoms. The van der Waals surface area contributed by atoms with Crippen LogP contribution in [0, 0.1) is 0 Å². The van der Waals surface area contributed by atoms with Crippen LogP contribution in [0.5, 0.6) is 0 Å². The van der Waals surface area contributed by atoms with Gasteiger partial charge in [0.05, 0.1) is 31.0 Å². The van der Waals surface area contributed by atoms with Gasteiger partial charge >= 0.3 is 0 Å². The predicted octanol–water partition coefficient (Wildman–Crippen LogP) is 4.81. The molecule has 3 aromatic carbocycles. The highest BCUT2D eigenvalue weighted by Gasteiger charge is 2.17. The number of benzene rings is 3. The lowest BCUT2D eigenvalue weighted by molar-refractivity contribution is 0.348. The van der Waals surface area contributed by atoms with Crippen LogP contribution >= 0.6 is 0 Å². The summed E-state index contributed by atoms with van der Waals surface area (Å²) in [6.45, 7) is 3.85. The van der Waals surface area contributed by atoms with Gasteiger partial charge in [-0.2, -0.15) is 0 Å². The second-order valence-corrected chi connectivity index (χ2v) is 9.31. The lowest BCUT2D eigenvalue weighted by atomic mass is 10.0. The summed E-state index contributed by atoms with van der Waals surface area (Å²) in [7, 11) is 0. The Morgan fingerprint density at radius 2 is 0.821 bits per heavy atom. The van der Waals surface area contributed by atoms with Gasteiger partial charge in [0.25, 0.3) is 0 Å². The minimum Gasteiger partial charge on any atom is -0.476 e. The molecule has 4 aromatic rings. The number of aliphatic imine (C=N–C) groups is 3. The third-order valence-corrected chi connectivity index (χ3v) is 6.66. The van der Waals surface area contributed by atoms with Crippen LogP contribution in [-0.4, -0.2) is 67.1 Å². The van der Waals surface area contributed by atoms with Gasteiger partial charge in [-0.15, -0.1) is 0 Å². The molecular formula is C31H25N5O3. The van der Waals surface area contributed by atoms with Gasteiger partial charge in [-0.05, 0) is 42.5 Å². The van der Waals surface area contributed by atoms with E-state index in [0.717, 1.165) is 44.8 Å². The van der Waals surface area contributed by atoms with Crippen LogP contribution < -0.4 is 0 Å². The summed E-state index contributed by atoms with van der Waals surface area (Å²) in [5, 5.41) is 0. The average Bonchev–Trinajstić information content (AvgIpc) is 3.81. The molecule has 0 atom stereocenters. The van der Waals surface area contributed by atoms with Crippen LogP contribution in [0.2, 0.25) is 0 Å². The zero-order chi connectivity index (χ0) is 26.0. The molecule has 0 aliphatic carbocycles. The standard InChI is InChI=1S/C31H25N5O3/c1-4-20(16-23(7-1)29-32-10-13-37-29)26-19-27(21-5-2-8-24(17-21)30-33-11-14-38-30)36-28(35-26)22-6-3-9-25(18-22)31-34-12-15-39-31/h1-9,16-19H,10-15H2. The number of ether oxygens (including phenoxy) is 3. The van der Waals surface area contributed by atoms with Crippen LogP contribution in [0.3, 0.4) is 0 Å². The van der Waals surface area contributed by atoms with Crippen LogP contribution in [0.4, 0.5) is 0 Å². The number of aromatic nitrogens is 2. The Morgan fingerprint density at radius 3 is 1.23 bits per heavy atom. The molecule has 0 amide bonds. The molecule has 3 aliphatic rings. The first-order valence-electron chi connectivity index (χ1n) is 13.0. The fourth-order valence-electron chi connectivity index (χ4n) is 4.82. The molecule has 8 heteroatoms. The third kappa shape index (κ3) is 4.77. The summed E-state index contributed by atoms with van der Waals surface area (Å²) in [5.41, 5.74) is 7.17. The quantitative estimate of drug-likeness (QED) is 0.368. The van der Waals surface area contributed by atoms with Crippen LogP contribution in [0.15, 0.2) is 93.8 Å². The molecule has 192 valence electrons. The van der Waals surface area contributed by atoms with E-state index >= 15 is 0 Å². The molecule has 39 heavy (non-hydrogen) atoms. The van der Waals surface area contributed by atoms with Gasteiger partial charge in [0.2, 0.25) is 17.7 Å². The van der Waals surface area contributed by atoms with E-state index in [0.29, 0.717) is 63.0 Å². The maximum atomic E-state index is 5.71. The zero-order valence-corrected chi connectivity index (χ0v) is 21.2. The van der Waals surface area contributed by atoms with Crippen LogP contribution in [0.25, 0.3) is 33.9 Å². The first kappa shape index (κ1) is 23.3. The van der Waals surface area contributed by atoms with Crippen molar-refractivity contribution < 1.29 is 14.2 Å². The number of hydrogen-bond donors (Lipinski definition) is 0. The summed E-state index contributed by atoms with van der Waals surface area (Å²) in [4.78, 5) is 23.5. The maximum absolute atomic E-state index is 5.71. The molecule has 4 heterocycles. The monoisotopic (exact) mass is 515 g/mol. The molecule has 0 saturated heterocycles. The minimum atomic E-state index is 0.604. The second kappa shape index (κ2) is 10.1. The molecule has 8 nitrogen and oxygen atoms in total. The Morgan fingerprint density at radius 1 is 0.436 bits per heavy atom. The van der Waals surface area contributed by atoms with Gasteiger partial charge in [0.15, 0.2) is 5.82 Å². The Bertz CT molecular complexity index is 1450. The van der Waals surface area contributed by atoms with Gasteiger partial charge < -0.3 is 14.2 Å². The Hall–Kier alpha value is -4.85. The molecule has 0 fully saturated rings. The molecular weight excluding hydrogens is 490 g/mol. The summed E-state index contributed by atoms with van der Waals surface area (Å²) in [6, 6.07) is 26.3. The van der Waals surface area contributed by atoms with Crippen molar-refractivity contribution in [1.82, 2.24) is 9.97 Å². The van der Waals surface area contributed by atoms with Crippen molar-refractivity contribution in [1.29, 1.82) is 0 Å². The van der Waals surface area contributed by atoms with Crippen molar-refractivity contribution in [2.75, 3.05) is 39.5 Å². The van der Waals surface area contributed by atoms with E-state index in [1.54, 1.807) is 0 Å². The lowest BCUT2D eigenvalue weighted by Crippen LogP contribution is -2.03. The molecule has 1 aromatic heterocycles. The van der Waals surface area contributed by atoms with Crippen molar-refractivity contribution in [3.8, 4) is 33.9 Å². The van der Waals surface area contributed by atoms with Crippen molar-refractivity contribution in [2.24, 2.45) is 15.0 Å². The topological polar surface area (TPSA) is 90.6 Å². The molecule has 7 rings (SSSR count). The van der Waals surface area contributed by atoms with Crippen LogP contribution in [0.1, 0.15) is 16.7 Å². The molecule has 0 radical (unpaired) electrons. The first-order chi connectivity index (χ1) is 19.3. The molecule has 0 bridgehead atoms. The van der Waals surface area contributed by atoms with E-state index in [9.17, 15) is 0 Å². The van der Waals surface area contributed by atoms with Gasteiger partial charge in [-0.3, -0.25) is 0 Å². The summed E-state index contributed by atoms with van der Waals surface area (Å²) >= 11 is 0. The van der Waals surface area contributed by atoms with Gasteiger partial charge in [0.1, 0.15) is 19.8 Å². The summed E-state index contributed by atoms with van der Waals surface area (Å²) in [5.74, 6) is 2.61. The maximum Gasteiger partial charge on any atom is 0.216 e. The highest BCUT2D eigenvalue weighted by atomic mass is 16.5. The van der Waals surface area contributed by atoms with E-state index in [1.807, 2.05) is 66.7 Å². The summed E-state index contributed by atoms with van der Waals surface area (Å²) in [6.07, 6.45) is 0. The largest absolute Gasteiger partial charge is 0.476 e. The van der Waals surface area contributed by atoms with Crippen molar-refractivity contribution in [3.05, 3.63) is 95.6 Å². The van der Waals surface area contributed by atoms with E-state index in [4.69, 9.17) is 24.2 Å². The van der Waals surface area contributed by atoms with Gasteiger partial charge in [0, 0.05) is 33.4 Å². The number of rotatable bonds is 6. The average molecular weight is 516 g/mol. The lowest BCUT2D eigenvalue weighted by Gasteiger charge is -2.12. The molecule has 0 N–H and O–H groups in total. The van der Waals surface area contributed by atoms with E-state index in [1.165, 1.54) is 0 Å². The van der Waals surface area contributed by atoms with E-state index in [-0.39, 0.29) is 0 Å². The van der Waals surface area contributed by atoms with E-state index in [2.05, 4.69) is 27.1 Å². The normalized spacial score (nSPS) is 16.2. The predicted molar refractivity (Wildman–Crippen MR) is 150 cm³/mol. The Kier molecular flexibility index (Phi) is 6.05. The summed E-state index contributed by atoms with van der Waals surface area (Å²) < 4.78 is 17.1. The Balaban J connectivity index is 1.35. The van der Waals surface area contributed by atoms with Crippen molar-refractivity contribution in [3.63, 3.8) is 0 Å². The second-order valence-electron chi connectivity index (χ2n) is 9.31. The number of hydrogen-bond acceptors (Lipinski definition) is 8. The molecule has 0 saturated carbocycles. The fraction of sp³-hybridized carbons (Fsp3) is 0.194. The zero-order valence-electron chi connectivity index (χ0n) is 21.2. The molecule has 0 unspecified atom stereocenters.